The summed E-state index contributed by atoms with van der Waals surface area (Å²) in [6, 6.07) is 0. The van der Waals surface area contributed by atoms with Crippen LogP contribution < -0.4 is 0 Å². The highest BCUT2D eigenvalue weighted by molar-refractivity contribution is 8.14. The van der Waals surface area contributed by atoms with Crippen LogP contribution in [0.4, 0.5) is 0 Å². The second-order valence-electron chi connectivity index (χ2n) is 1.34. The summed E-state index contributed by atoms with van der Waals surface area (Å²) in [6.45, 7) is 2.02. The summed E-state index contributed by atoms with van der Waals surface area (Å²) in [5.41, 5.74) is 0. The molecule has 1 nitrogen and oxygen atoms in total. The third kappa shape index (κ3) is 1.35. The average molecular weight is 113 g/mol. The van der Waals surface area contributed by atoms with E-state index in [9.17, 15) is 0 Å². The molecule has 0 radical (unpaired) electrons. The third-order valence-electron chi connectivity index (χ3n) is 0.750. The second kappa shape index (κ2) is 2.17. The number of hydrogen-bond donors (Lipinski definition) is 0. The van der Waals surface area contributed by atoms with E-state index in [0.717, 1.165) is 5.75 Å². The molecule has 0 spiro atoms. The molecule has 0 atom stereocenters. The number of rotatable bonds is 0. The first-order chi connectivity index (χ1) is 3.39. The van der Waals surface area contributed by atoms with Gasteiger partial charge in [-0.25, -0.2) is 0 Å². The molecule has 0 aromatic carbocycles. The molecule has 1 aliphatic rings. The number of hydrogen-bond acceptors (Lipinski definition) is 2. The molecule has 0 aromatic heterocycles. The largest absolute Gasteiger partial charge is 0.255 e. The van der Waals surface area contributed by atoms with Crippen LogP contribution in [0.25, 0.3) is 0 Å². The van der Waals surface area contributed by atoms with Crippen LogP contribution in [0.1, 0.15) is 6.92 Å². The SMILES string of the molecule is CC1=NC=CCS1. The molecule has 0 unspecified atom stereocenters. The summed E-state index contributed by atoms with van der Waals surface area (Å²) < 4.78 is 0. The minimum atomic E-state index is 1.09. The van der Waals surface area contributed by atoms with Crippen LogP contribution in [-0.2, 0) is 0 Å². The van der Waals surface area contributed by atoms with Gasteiger partial charge in [-0.2, -0.15) is 0 Å². The van der Waals surface area contributed by atoms with Gasteiger partial charge in [0.1, 0.15) is 0 Å². The van der Waals surface area contributed by atoms with E-state index in [-0.39, 0.29) is 0 Å². The highest BCUT2D eigenvalue weighted by Crippen LogP contribution is 2.07. The highest BCUT2D eigenvalue weighted by Gasteiger charge is 1.90. The molecule has 7 heavy (non-hydrogen) atoms. The minimum Gasteiger partial charge on any atom is -0.255 e. The third-order valence-corrected chi connectivity index (χ3v) is 1.63. The molecule has 1 rings (SSSR count). The van der Waals surface area contributed by atoms with Crippen molar-refractivity contribution in [3.05, 3.63) is 12.3 Å². The number of thioether (sulfide) groups is 1. The fourth-order valence-corrected chi connectivity index (χ4v) is 0.966. The van der Waals surface area contributed by atoms with E-state index in [1.165, 1.54) is 5.04 Å². The van der Waals surface area contributed by atoms with Gasteiger partial charge in [-0.05, 0) is 6.92 Å². The molecule has 0 fully saturated rings. The van der Waals surface area contributed by atoms with Crippen molar-refractivity contribution in [1.29, 1.82) is 0 Å². The normalized spacial score (nSPS) is 19.3. The molecule has 1 aliphatic heterocycles. The van der Waals surface area contributed by atoms with Crippen molar-refractivity contribution >= 4 is 16.8 Å². The molecule has 0 N–H and O–H groups in total. The van der Waals surface area contributed by atoms with E-state index in [4.69, 9.17) is 0 Å². The van der Waals surface area contributed by atoms with Crippen molar-refractivity contribution < 1.29 is 0 Å². The summed E-state index contributed by atoms with van der Waals surface area (Å²) in [6.07, 6.45) is 3.91. The lowest BCUT2D eigenvalue weighted by molar-refractivity contribution is 1.51. The van der Waals surface area contributed by atoms with E-state index in [0.29, 0.717) is 0 Å². The van der Waals surface area contributed by atoms with Gasteiger partial charge in [-0.1, -0.05) is 6.08 Å². The fraction of sp³-hybridized carbons (Fsp3) is 0.400. The molecular weight excluding hydrogens is 106 g/mol. The Labute approximate surface area is 47.5 Å². The van der Waals surface area contributed by atoms with Crippen LogP contribution in [0.15, 0.2) is 17.3 Å². The lowest BCUT2D eigenvalue weighted by atomic mass is 10.7. The van der Waals surface area contributed by atoms with Crippen LogP contribution in [0.5, 0.6) is 0 Å². The standard InChI is InChI=1S/C5H7NS/c1-5-6-3-2-4-7-5/h2-3H,4H2,1H3. The molecule has 0 amide bonds. The summed E-state index contributed by atoms with van der Waals surface area (Å²) in [5.74, 6) is 1.09. The molecule has 0 saturated heterocycles. The topological polar surface area (TPSA) is 12.4 Å². The van der Waals surface area contributed by atoms with E-state index in [1.807, 2.05) is 13.1 Å². The highest BCUT2D eigenvalue weighted by atomic mass is 32.2. The number of nitrogens with zero attached hydrogens (tertiary/aromatic N) is 1. The van der Waals surface area contributed by atoms with Gasteiger partial charge in [0.15, 0.2) is 0 Å². The Kier molecular flexibility index (Phi) is 1.52. The Morgan fingerprint density at radius 2 is 2.71 bits per heavy atom. The maximum atomic E-state index is 4.03. The Morgan fingerprint density at radius 3 is 3.00 bits per heavy atom. The van der Waals surface area contributed by atoms with Crippen LogP contribution in [0.3, 0.4) is 0 Å². The first-order valence-electron chi connectivity index (χ1n) is 2.22. The Morgan fingerprint density at radius 1 is 1.86 bits per heavy atom. The molecular formula is C5H7NS. The van der Waals surface area contributed by atoms with Crippen molar-refractivity contribution in [2.24, 2.45) is 4.99 Å². The molecule has 0 bridgehead atoms. The smallest absolute Gasteiger partial charge is 0.0703 e. The molecule has 2 heteroatoms. The maximum absolute atomic E-state index is 4.03. The van der Waals surface area contributed by atoms with E-state index >= 15 is 0 Å². The van der Waals surface area contributed by atoms with Crippen LogP contribution in [0.2, 0.25) is 0 Å². The second-order valence-corrected chi connectivity index (χ2v) is 2.56. The molecule has 0 saturated carbocycles. The van der Waals surface area contributed by atoms with Gasteiger partial charge in [0.2, 0.25) is 0 Å². The predicted octanol–water partition coefficient (Wildman–Crippen LogP) is 1.67. The van der Waals surface area contributed by atoms with E-state index in [2.05, 4.69) is 11.1 Å². The lowest BCUT2D eigenvalue weighted by Gasteiger charge is -1.97. The summed E-state index contributed by atoms with van der Waals surface area (Å²) in [7, 11) is 0. The molecule has 0 aromatic rings. The monoisotopic (exact) mass is 113 g/mol. The van der Waals surface area contributed by atoms with Gasteiger partial charge in [0.25, 0.3) is 0 Å². The Bertz CT molecular complexity index is 115. The van der Waals surface area contributed by atoms with Crippen molar-refractivity contribution in [1.82, 2.24) is 0 Å². The average Bonchev–Trinajstić information content (AvgIpc) is 1.69. The zero-order valence-electron chi connectivity index (χ0n) is 4.22. The van der Waals surface area contributed by atoms with Crippen molar-refractivity contribution in [2.45, 2.75) is 6.92 Å². The van der Waals surface area contributed by atoms with Crippen molar-refractivity contribution in [2.75, 3.05) is 5.75 Å². The van der Waals surface area contributed by atoms with Gasteiger partial charge in [-0.3, -0.25) is 4.99 Å². The van der Waals surface area contributed by atoms with E-state index < -0.39 is 0 Å². The van der Waals surface area contributed by atoms with Crippen molar-refractivity contribution in [3.8, 4) is 0 Å². The van der Waals surface area contributed by atoms with Crippen LogP contribution in [0, 0.1) is 0 Å². The summed E-state index contributed by atoms with van der Waals surface area (Å²) in [4.78, 5) is 4.03. The van der Waals surface area contributed by atoms with Gasteiger partial charge >= 0.3 is 0 Å². The minimum absolute atomic E-state index is 1.09. The van der Waals surface area contributed by atoms with Crippen LogP contribution >= 0.6 is 11.8 Å². The fourth-order valence-electron chi connectivity index (χ4n) is 0.407. The van der Waals surface area contributed by atoms with Crippen LogP contribution in [-0.4, -0.2) is 10.8 Å². The van der Waals surface area contributed by atoms with Gasteiger partial charge in [0.05, 0.1) is 5.04 Å². The predicted molar refractivity (Wildman–Crippen MR) is 34.7 cm³/mol. The zero-order chi connectivity index (χ0) is 5.11. The lowest BCUT2D eigenvalue weighted by Crippen LogP contribution is -1.87. The first kappa shape index (κ1) is 4.91. The molecule has 38 valence electrons. The zero-order valence-corrected chi connectivity index (χ0v) is 5.03. The van der Waals surface area contributed by atoms with Gasteiger partial charge in [-0.15, -0.1) is 11.8 Å². The van der Waals surface area contributed by atoms with Gasteiger partial charge in [0, 0.05) is 12.0 Å². The first-order valence-corrected chi connectivity index (χ1v) is 3.20. The number of aliphatic imine (C=N–C) groups is 1. The van der Waals surface area contributed by atoms with Crippen molar-refractivity contribution in [3.63, 3.8) is 0 Å². The Hall–Kier alpha value is -0.240. The quantitative estimate of drug-likeness (QED) is 0.465. The van der Waals surface area contributed by atoms with E-state index in [1.54, 1.807) is 11.8 Å². The Balaban J connectivity index is 2.57. The maximum Gasteiger partial charge on any atom is 0.0703 e. The summed E-state index contributed by atoms with van der Waals surface area (Å²) >= 11 is 1.78. The molecule has 0 aliphatic carbocycles. The van der Waals surface area contributed by atoms with Gasteiger partial charge < -0.3 is 0 Å². The molecule has 1 heterocycles. The summed E-state index contributed by atoms with van der Waals surface area (Å²) in [5, 5.41) is 1.17.